The normalized spacial score (nSPS) is 23.7. The smallest absolute Gasteiger partial charge is 0.233 e. The number of rotatable bonds is 6. The van der Waals surface area contributed by atoms with Crippen LogP contribution >= 0.6 is 0 Å². The van der Waals surface area contributed by atoms with Crippen LogP contribution in [0.3, 0.4) is 0 Å². The molecule has 1 aromatic rings. The van der Waals surface area contributed by atoms with E-state index < -0.39 is 0 Å². The van der Waals surface area contributed by atoms with Crippen LogP contribution in [0.4, 0.5) is 0 Å². The fraction of sp³-hybridized carbons (Fsp3) is 0.556. The van der Waals surface area contributed by atoms with Crippen LogP contribution in [0, 0.1) is 11.8 Å². The van der Waals surface area contributed by atoms with E-state index in [9.17, 15) is 9.59 Å². The number of unbranched alkanes of at least 4 members (excludes halogenated alkanes) is 1. The van der Waals surface area contributed by atoms with Crippen molar-refractivity contribution in [3.63, 3.8) is 0 Å². The van der Waals surface area contributed by atoms with E-state index in [2.05, 4.69) is 26.0 Å². The van der Waals surface area contributed by atoms with Gasteiger partial charge in [0.1, 0.15) is 0 Å². The molecule has 1 fully saturated rings. The van der Waals surface area contributed by atoms with Crippen LogP contribution in [-0.2, 0) is 9.59 Å². The van der Waals surface area contributed by atoms with E-state index in [1.165, 1.54) is 10.5 Å². The lowest BCUT2D eigenvalue weighted by Gasteiger charge is -2.18. The summed E-state index contributed by atoms with van der Waals surface area (Å²) in [4.78, 5) is 26.2. The van der Waals surface area contributed by atoms with Crippen molar-refractivity contribution < 1.29 is 9.59 Å². The molecule has 1 aliphatic rings. The highest BCUT2D eigenvalue weighted by atomic mass is 16.2. The average molecular weight is 287 g/mol. The van der Waals surface area contributed by atoms with Crippen LogP contribution in [0.25, 0.3) is 0 Å². The standard InChI is InChI=1S/C18H25NO2/c1-4-5-11-19-17(20)14(3)16(18(19)21)12-13(2)15-9-7-6-8-10-15/h6-10,13-14,16H,4-5,11-12H2,1-3H3. The zero-order chi connectivity index (χ0) is 15.4. The molecule has 114 valence electrons. The summed E-state index contributed by atoms with van der Waals surface area (Å²) in [6.45, 7) is 6.68. The Morgan fingerprint density at radius 2 is 1.81 bits per heavy atom. The number of nitrogens with zero attached hydrogens (tertiary/aromatic N) is 1. The Morgan fingerprint density at radius 3 is 2.43 bits per heavy atom. The summed E-state index contributed by atoms with van der Waals surface area (Å²) < 4.78 is 0. The summed E-state index contributed by atoms with van der Waals surface area (Å²) in [6.07, 6.45) is 2.64. The predicted molar refractivity (Wildman–Crippen MR) is 83.8 cm³/mol. The van der Waals surface area contributed by atoms with Crippen molar-refractivity contribution in [2.75, 3.05) is 6.54 Å². The molecule has 3 unspecified atom stereocenters. The van der Waals surface area contributed by atoms with E-state index in [1.807, 2.05) is 25.1 Å². The molecule has 0 aliphatic carbocycles. The van der Waals surface area contributed by atoms with Crippen molar-refractivity contribution in [2.24, 2.45) is 11.8 Å². The van der Waals surface area contributed by atoms with E-state index in [0.29, 0.717) is 12.5 Å². The number of amides is 2. The Bertz CT molecular complexity index is 497. The Morgan fingerprint density at radius 1 is 1.14 bits per heavy atom. The third-order valence-electron chi connectivity index (χ3n) is 4.55. The molecule has 0 bridgehead atoms. The summed E-state index contributed by atoms with van der Waals surface area (Å²) in [5.74, 6) is -0.00551. The molecule has 0 spiro atoms. The lowest BCUT2D eigenvalue weighted by atomic mass is 9.85. The van der Waals surface area contributed by atoms with Crippen molar-refractivity contribution in [1.82, 2.24) is 4.90 Å². The number of carbonyl (C=O) groups excluding carboxylic acids is 2. The maximum Gasteiger partial charge on any atom is 0.233 e. The second-order valence-electron chi connectivity index (χ2n) is 6.12. The summed E-state index contributed by atoms with van der Waals surface area (Å²) in [5, 5.41) is 0. The highest BCUT2D eigenvalue weighted by Crippen LogP contribution is 2.34. The molecule has 0 aromatic heterocycles. The highest BCUT2D eigenvalue weighted by molar-refractivity contribution is 6.04. The van der Waals surface area contributed by atoms with Crippen LogP contribution in [0.5, 0.6) is 0 Å². The summed E-state index contributed by atoms with van der Waals surface area (Å²) >= 11 is 0. The Balaban J connectivity index is 2.06. The molecular formula is C18H25NO2. The molecule has 3 heteroatoms. The van der Waals surface area contributed by atoms with Gasteiger partial charge >= 0.3 is 0 Å². The van der Waals surface area contributed by atoms with Gasteiger partial charge in [-0.25, -0.2) is 0 Å². The van der Waals surface area contributed by atoms with Crippen molar-refractivity contribution in [3.05, 3.63) is 35.9 Å². The minimum atomic E-state index is -0.180. The van der Waals surface area contributed by atoms with Gasteiger partial charge in [-0.05, 0) is 24.3 Å². The largest absolute Gasteiger partial charge is 0.282 e. The predicted octanol–water partition coefficient (Wildman–Crippen LogP) is 3.60. The van der Waals surface area contributed by atoms with Crippen molar-refractivity contribution in [2.45, 2.75) is 46.0 Å². The van der Waals surface area contributed by atoms with Crippen molar-refractivity contribution in [3.8, 4) is 0 Å². The van der Waals surface area contributed by atoms with Gasteiger partial charge in [-0.15, -0.1) is 0 Å². The first kappa shape index (κ1) is 15.7. The van der Waals surface area contributed by atoms with E-state index in [4.69, 9.17) is 0 Å². The molecule has 1 aromatic carbocycles. The number of carbonyl (C=O) groups is 2. The molecule has 3 atom stereocenters. The average Bonchev–Trinajstić information content (AvgIpc) is 2.70. The summed E-state index contributed by atoms with van der Waals surface area (Å²) in [5.41, 5.74) is 1.23. The van der Waals surface area contributed by atoms with E-state index in [0.717, 1.165) is 19.3 Å². The number of likely N-dealkylation sites (tertiary alicyclic amines) is 1. The monoisotopic (exact) mass is 287 g/mol. The maximum absolute atomic E-state index is 12.5. The minimum Gasteiger partial charge on any atom is -0.282 e. The topological polar surface area (TPSA) is 37.4 Å². The van der Waals surface area contributed by atoms with Gasteiger partial charge < -0.3 is 0 Å². The van der Waals surface area contributed by atoms with Crippen molar-refractivity contribution in [1.29, 1.82) is 0 Å². The molecule has 3 nitrogen and oxygen atoms in total. The summed E-state index contributed by atoms with van der Waals surface area (Å²) in [6, 6.07) is 10.2. The van der Waals surface area contributed by atoms with E-state index in [-0.39, 0.29) is 23.7 Å². The Labute approximate surface area is 127 Å². The van der Waals surface area contributed by atoms with Gasteiger partial charge in [-0.1, -0.05) is 57.5 Å². The van der Waals surface area contributed by atoms with E-state index in [1.54, 1.807) is 0 Å². The van der Waals surface area contributed by atoms with Gasteiger partial charge in [-0.2, -0.15) is 0 Å². The van der Waals surface area contributed by atoms with Gasteiger partial charge in [0, 0.05) is 12.5 Å². The summed E-state index contributed by atoms with van der Waals surface area (Å²) in [7, 11) is 0. The second-order valence-corrected chi connectivity index (χ2v) is 6.12. The number of benzene rings is 1. The molecule has 2 rings (SSSR count). The van der Waals surface area contributed by atoms with Crippen LogP contribution in [-0.4, -0.2) is 23.3 Å². The van der Waals surface area contributed by atoms with Gasteiger partial charge in [0.25, 0.3) is 0 Å². The van der Waals surface area contributed by atoms with E-state index >= 15 is 0 Å². The molecule has 0 radical (unpaired) electrons. The van der Waals surface area contributed by atoms with Gasteiger partial charge in [-0.3, -0.25) is 14.5 Å². The fourth-order valence-corrected chi connectivity index (χ4v) is 3.08. The first-order chi connectivity index (χ1) is 10.1. The quantitative estimate of drug-likeness (QED) is 0.750. The second kappa shape index (κ2) is 6.88. The first-order valence-electron chi connectivity index (χ1n) is 7.96. The Kier molecular flexibility index (Phi) is 5.16. The molecule has 1 aliphatic heterocycles. The lowest BCUT2D eigenvalue weighted by Crippen LogP contribution is -2.32. The molecule has 21 heavy (non-hydrogen) atoms. The van der Waals surface area contributed by atoms with Crippen LogP contribution in [0.2, 0.25) is 0 Å². The molecule has 0 saturated carbocycles. The third-order valence-corrected chi connectivity index (χ3v) is 4.55. The van der Waals surface area contributed by atoms with Gasteiger partial charge in [0.15, 0.2) is 0 Å². The van der Waals surface area contributed by atoms with Gasteiger partial charge in [0.2, 0.25) is 11.8 Å². The number of imide groups is 1. The molecular weight excluding hydrogens is 262 g/mol. The SMILES string of the molecule is CCCCN1C(=O)C(C)C(CC(C)c2ccccc2)C1=O. The maximum atomic E-state index is 12.5. The Hall–Kier alpha value is -1.64. The molecule has 0 N–H and O–H groups in total. The van der Waals surface area contributed by atoms with Crippen molar-refractivity contribution >= 4 is 11.8 Å². The van der Waals surface area contributed by atoms with Crippen LogP contribution < -0.4 is 0 Å². The fourth-order valence-electron chi connectivity index (χ4n) is 3.08. The number of hydrogen-bond donors (Lipinski definition) is 0. The number of hydrogen-bond acceptors (Lipinski definition) is 2. The molecule has 2 amide bonds. The van der Waals surface area contributed by atoms with Gasteiger partial charge in [0.05, 0.1) is 5.92 Å². The molecule has 1 saturated heterocycles. The van der Waals surface area contributed by atoms with Crippen LogP contribution in [0.1, 0.15) is 51.5 Å². The zero-order valence-electron chi connectivity index (χ0n) is 13.2. The third kappa shape index (κ3) is 3.34. The highest BCUT2D eigenvalue weighted by Gasteiger charge is 2.44. The minimum absolute atomic E-state index is 0.0127. The zero-order valence-corrected chi connectivity index (χ0v) is 13.2. The first-order valence-corrected chi connectivity index (χ1v) is 7.96. The lowest BCUT2D eigenvalue weighted by molar-refractivity contribution is -0.139. The van der Waals surface area contributed by atoms with Crippen LogP contribution in [0.15, 0.2) is 30.3 Å². The molecule has 1 heterocycles.